The standard InChI is InChI=1S/C20H14/c1-2-5-15-11-19-16(10-14(15)4-1)12-20-17-7-3-6-13(17)8-9-18(19)20/h1-5,7-11H,6,12H2. The molecule has 0 heteroatoms. The van der Waals surface area contributed by atoms with E-state index in [1.165, 1.54) is 44.2 Å². The molecule has 0 aromatic heterocycles. The van der Waals surface area contributed by atoms with Crippen LogP contribution in [0, 0.1) is 0 Å². The molecule has 0 atom stereocenters. The molecule has 2 aliphatic carbocycles. The second-order valence-electron chi connectivity index (χ2n) is 5.80. The van der Waals surface area contributed by atoms with Gasteiger partial charge in [-0.05, 0) is 63.1 Å². The van der Waals surface area contributed by atoms with E-state index < -0.39 is 0 Å². The van der Waals surface area contributed by atoms with E-state index in [1.54, 1.807) is 0 Å². The van der Waals surface area contributed by atoms with Crippen LogP contribution in [0.1, 0.15) is 22.3 Å². The van der Waals surface area contributed by atoms with Crippen LogP contribution in [0.4, 0.5) is 0 Å². The van der Waals surface area contributed by atoms with E-state index in [9.17, 15) is 0 Å². The summed E-state index contributed by atoms with van der Waals surface area (Å²) in [6, 6.07) is 18.0. The minimum atomic E-state index is 1.09. The van der Waals surface area contributed by atoms with Crippen LogP contribution >= 0.6 is 0 Å². The van der Waals surface area contributed by atoms with Crippen molar-refractivity contribution in [2.45, 2.75) is 12.8 Å². The molecule has 94 valence electrons. The number of benzene rings is 3. The largest absolute Gasteiger partial charge is 0.0795 e. The lowest BCUT2D eigenvalue weighted by atomic mass is 9.97. The zero-order valence-electron chi connectivity index (χ0n) is 11.2. The summed E-state index contributed by atoms with van der Waals surface area (Å²) in [4.78, 5) is 0. The molecule has 0 fully saturated rings. The molecule has 0 unspecified atom stereocenters. The Balaban J connectivity index is 1.83. The Bertz CT molecular complexity index is 897. The Kier molecular flexibility index (Phi) is 1.88. The lowest BCUT2D eigenvalue weighted by molar-refractivity contribution is 1.23. The minimum Gasteiger partial charge on any atom is -0.0795 e. The van der Waals surface area contributed by atoms with Crippen molar-refractivity contribution < 1.29 is 0 Å². The van der Waals surface area contributed by atoms with Crippen molar-refractivity contribution in [3.05, 3.63) is 76.9 Å². The summed E-state index contributed by atoms with van der Waals surface area (Å²) in [6.07, 6.45) is 6.77. The first-order valence-corrected chi connectivity index (χ1v) is 7.23. The van der Waals surface area contributed by atoms with Gasteiger partial charge in [0.05, 0.1) is 0 Å². The fourth-order valence-electron chi connectivity index (χ4n) is 3.72. The second kappa shape index (κ2) is 3.61. The Morgan fingerprint density at radius 3 is 2.50 bits per heavy atom. The van der Waals surface area contributed by atoms with Crippen LogP contribution in [0.15, 0.2) is 54.6 Å². The zero-order valence-corrected chi connectivity index (χ0v) is 11.2. The lowest BCUT2D eigenvalue weighted by Crippen LogP contribution is -1.89. The van der Waals surface area contributed by atoms with Crippen molar-refractivity contribution >= 4 is 16.8 Å². The van der Waals surface area contributed by atoms with Gasteiger partial charge < -0.3 is 0 Å². The first-order chi connectivity index (χ1) is 9.90. The summed E-state index contributed by atoms with van der Waals surface area (Å²) in [5, 5.41) is 2.70. The molecular formula is C20H14. The highest BCUT2D eigenvalue weighted by molar-refractivity contribution is 5.93. The van der Waals surface area contributed by atoms with Crippen LogP contribution in [0.5, 0.6) is 0 Å². The third-order valence-electron chi connectivity index (χ3n) is 4.70. The predicted molar refractivity (Wildman–Crippen MR) is 84.9 cm³/mol. The van der Waals surface area contributed by atoms with Crippen LogP contribution in [-0.4, -0.2) is 0 Å². The van der Waals surface area contributed by atoms with Gasteiger partial charge in [0.1, 0.15) is 0 Å². The summed E-state index contributed by atoms with van der Waals surface area (Å²) in [5.74, 6) is 0. The van der Waals surface area contributed by atoms with Gasteiger partial charge in [0.2, 0.25) is 0 Å². The molecule has 0 heterocycles. The lowest BCUT2D eigenvalue weighted by Gasteiger charge is -2.07. The van der Waals surface area contributed by atoms with Gasteiger partial charge in [0.25, 0.3) is 0 Å². The molecule has 5 rings (SSSR count). The van der Waals surface area contributed by atoms with Crippen LogP contribution in [0.25, 0.3) is 28.0 Å². The van der Waals surface area contributed by atoms with E-state index in [0.717, 1.165) is 12.8 Å². The number of hydrogen-bond donors (Lipinski definition) is 0. The van der Waals surface area contributed by atoms with E-state index in [4.69, 9.17) is 0 Å². The van der Waals surface area contributed by atoms with Crippen LogP contribution in [-0.2, 0) is 12.8 Å². The van der Waals surface area contributed by atoms with E-state index in [-0.39, 0.29) is 0 Å². The van der Waals surface area contributed by atoms with Gasteiger partial charge in [-0.1, -0.05) is 54.6 Å². The molecule has 20 heavy (non-hydrogen) atoms. The normalized spacial score (nSPS) is 14.4. The highest BCUT2D eigenvalue weighted by atomic mass is 14.3. The fourth-order valence-corrected chi connectivity index (χ4v) is 3.72. The smallest absolute Gasteiger partial charge is 0.000718 e. The Labute approximate surface area is 118 Å². The van der Waals surface area contributed by atoms with Crippen molar-refractivity contribution in [3.63, 3.8) is 0 Å². The first kappa shape index (κ1) is 10.4. The first-order valence-electron chi connectivity index (χ1n) is 7.23. The van der Waals surface area contributed by atoms with Gasteiger partial charge in [-0.15, -0.1) is 0 Å². The number of hydrogen-bond acceptors (Lipinski definition) is 0. The number of fused-ring (bicyclic) bond motifs is 6. The number of allylic oxidation sites excluding steroid dienone is 1. The predicted octanol–water partition coefficient (Wildman–Crippen LogP) is 4.98. The Morgan fingerprint density at radius 2 is 1.60 bits per heavy atom. The molecular weight excluding hydrogens is 240 g/mol. The summed E-state index contributed by atoms with van der Waals surface area (Å²) in [7, 11) is 0. The Hall–Kier alpha value is -2.34. The van der Waals surface area contributed by atoms with Crippen molar-refractivity contribution in [3.8, 4) is 11.1 Å². The third-order valence-corrected chi connectivity index (χ3v) is 4.70. The molecule has 0 saturated carbocycles. The molecule has 3 aromatic rings. The van der Waals surface area contributed by atoms with Gasteiger partial charge in [0, 0.05) is 0 Å². The summed E-state index contributed by atoms with van der Waals surface area (Å²) in [5.41, 5.74) is 8.84. The summed E-state index contributed by atoms with van der Waals surface area (Å²) in [6.45, 7) is 0. The van der Waals surface area contributed by atoms with E-state index in [1.807, 2.05) is 0 Å². The molecule has 3 aromatic carbocycles. The van der Waals surface area contributed by atoms with E-state index in [0.29, 0.717) is 0 Å². The monoisotopic (exact) mass is 254 g/mol. The van der Waals surface area contributed by atoms with Crippen LogP contribution < -0.4 is 0 Å². The second-order valence-corrected chi connectivity index (χ2v) is 5.80. The van der Waals surface area contributed by atoms with E-state index in [2.05, 4.69) is 60.7 Å². The van der Waals surface area contributed by atoms with Crippen LogP contribution in [0.2, 0.25) is 0 Å². The average Bonchev–Trinajstić information content (AvgIpc) is 3.08. The molecule has 0 N–H and O–H groups in total. The van der Waals surface area contributed by atoms with Gasteiger partial charge in [-0.25, -0.2) is 0 Å². The maximum absolute atomic E-state index is 2.37. The molecule has 0 saturated heterocycles. The quantitative estimate of drug-likeness (QED) is 0.415. The SMILES string of the molecule is C1=Cc2c(ccc3c2Cc2cc4ccccc4cc2-3)C1. The third kappa shape index (κ3) is 1.26. The minimum absolute atomic E-state index is 1.09. The molecule has 0 amide bonds. The van der Waals surface area contributed by atoms with Gasteiger partial charge in [-0.2, -0.15) is 0 Å². The Morgan fingerprint density at radius 1 is 0.750 bits per heavy atom. The molecule has 0 radical (unpaired) electrons. The highest BCUT2D eigenvalue weighted by Crippen LogP contribution is 2.42. The summed E-state index contributed by atoms with van der Waals surface area (Å²) >= 11 is 0. The van der Waals surface area contributed by atoms with Crippen molar-refractivity contribution in [2.24, 2.45) is 0 Å². The zero-order chi connectivity index (χ0) is 13.1. The molecule has 0 bridgehead atoms. The van der Waals surface area contributed by atoms with Crippen molar-refractivity contribution in [1.29, 1.82) is 0 Å². The van der Waals surface area contributed by atoms with Gasteiger partial charge in [-0.3, -0.25) is 0 Å². The highest BCUT2D eigenvalue weighted by Gasteiger charge is 2.23. The average molecular weight is 254 g/mol. The maximum Gasteiger partial charge on any atom is -0.000718 e. The van der Waals surface area contributed by atoms with Crippen molar-refractivity contribution in [2.75, 3.05) is 0 Å². The van der Waals surface area contributed by atoms with Gasteiger partial charge in [0.15, 0.2) is 0 Å². The van der Waals surface area contributed by atoms with E-state index >= 15 is 0 Å². The molecule has 2 aliphatic rings. The topological polar surface area (TPSA) is 0 Å². The van der Waals surface area contributed by atoms with Crippen LogP contribution in [0.3, 0.4) is 0 Å². The summed E-state index contributed by atoms with van der Waals surface area (Å²) < 4.78 is 0. The fraction of sp³-hybridized carbons (Fsp3) is 0.100. The molecule has 0 nitrogen and oxygen atoms in total. The molecule has 0 spiro atoms. The number of rotatable bonds is 0. The van der Waals surface area contributed by atoms with Gasteiger partial charge >= 0.3 is 0 Å². The van der Waals surface area contributed by atoms with Crippen molar-refractivity contribution in [1.82, 2.24) is 0 Å². The maximum atomic E-state index is 2.37. The molecule has 0 aliphatic heterocycles.